The van der Waals surface area contributed by atoms with Crippen LogP contribution in [0.4, 0.5) is 21.5 Å². The number of carbonyl (C=O) groups excluding carboxylic acids is 1. The molecule has 9 nitrogen and oxygen atoms in total. The second-order valence-corrected chi connectivity index (χ2v) is 9.77. The Morgan fingerprint density at radius 1 is 1.05 bits per heavy atom. The summed E-state index contributed by atoms with van der Waals surface area (Å²) in [6.07, 6.45) is 0.960. The van der Waals surface area contributed by atoms with E-state index in [1.54, 1.807) is 44.6 Å². The van der Waals surface area contributed by atoms with Gasteiger partial charge in [-0.05, 0) is 54.3 Å². The number of carbonyl (C=O) groups is 1. The summed E-state index contributed by atoms with van der Waals surface area (Å²) in [5, 5.41) is 14.5. The van der Waals surface area contributed by atoms with Gasteiger partial charge in [-0.3, -0.25) is 14.9 Å². The minimum Gasteiger partial charge on any atom is -0.493 e. The smallest absolute Gasteiger partial charge is 0.269 e. The number of fused-ring (bicyclic) bond motifs is 3. The van der Waals surface area contributed by atoms with Gasteiger partial charge in [-0.15, -0.1) is 0 Å². The van der Waals surface area contributed by atoms with E-state index >= 15 is 0 Å². The van der Waals surface area contributed by atoms with Crippen LogP contribution in [0.5, 0.6) is 11.5 Å². The summed E-state index contributed by atoms with van der Waals surface area (Å²) in [7, 11) is 3.16. The van der Waals surface area contributed by atoms with Gasteiger partial charge in [-0.1, -0.05) is 18.2 Å². The van der Waals surface area contributed by atoms with Crippen molar-refractivity contribution in [2.24, 2.45) is 5.92 Å². The highest BCUT2D eigenvalue weighted by Gasteiger charge is 2.42. The van der Waals surface area contributed by atoms with Gasteiger partial charge >= 0.3 is 0 Å². The number of nitrogens with zero attached hydrogens (tertiary/aromatic N) is 3. The zero-order valence-corrected chi connectivity index (χ0v) is 21.9. The Balaban J connectivity index is 1.36. The molecule has 1 saturated heterocycles. The zero-order chi connectivity index (χ0) is 27.5. The van der Waals surface area contributed by atoms with Crippen LogP contribution in [0.3, 0.4) is 0 Å². The van der Waals surface area contributed by atoms with Crippen LogP contribution >= 0.6 is 0 Å². The van der Waals surface area contributed by atoms with Crippen LogP contribution in [-0.4, -0.2) is 57.3 Å². The van der Waals surface area contributed by atoms with Crippen LogP contribution in [0, 0.1) is 21.8 Å². The molecule has 5 rings (SSSR count). The zero-order valence-electron chi connectivity index (χ0n) is 21.9. The average molecular weight is 535 g/mol. The summed E-state index contributed by atoms with van der Waals surface area (Å²) in [6, 6.07) is 16.9. The van der Waals surface area contributed by atoms with E-state index in [9.17, 15) is 19.3 Å². The lowest BCUT2D eigenvalue weighted by Gasteiger charge is -2.49. The number of non-ortho nitro benzene ring substituents is 1. The second-order valence-electron chi connectivity index (χ2n) is 9.77. The topological polar surface area (TPSA) is 97.2 Å². The highest BCUT2D eigenvalue weighted by atomic mass is 19.1. The minimum absolute atomic E-state index is 0.00445. The fourth-order valence-electron chi connectivity index (χ4n) is 5.65. The van der Waals surface area contributed by atoms with E-state index in [4.69, 9.17) is 9.47 Å². The lowest BCUT2D eigenvalue weighted by Crippen LogP contribution is -2.61. The Hall–Kier alpha value is -4.34. The summed E-state index contributed by atoms with van der Waals surface area (Å²) in [5.41, 5.74) is 3.18. The van der Waals surface area contributed by atoms with Gasteiger partial charge in [0.25, 0.3) is 5.69 Å². The fraction of sp³-hybridized carbons (Fsp3) is 0.345. The predicted molar refractivity (Wildman–Crippen MR) is 146 cm³/mol. The fourth-order valence-corrected chi connectivity index (χ4v) is 5.65. The minimum atomic E-state index is -0.459. The molecule has 0 aromatic heterocycles. The number of hydrogen-bond acceptors (Lipinski definition) is 7. The summed E-state index contributed by atoms with van der Waals surface area (Å²) in [5.74, 6) is 0.376. The van der Waals surface area contributed by atoms with Crippen molar-refractivity contribution in [2.45, 2.75) is 18.9 Å². The molecule has 0 radical (unpaired) electrons. The molecule has 2 aliphatic heterocycles. The summed E-state index contributed by atoms with van der Waals surface area (Å²) >= 11 is 0. The Morgan fingerprint density at radius 2 is 1.85 bits per heavy atom. The van der Waals surface area contributed by atoms with Crippen molar-refractivity contribution < 1.29 is 23.6 Å². The molecule has 3 aromatic carbocycles. The van der Waals surface area contributed by atoms with Crippen molar-refractivity contribution in [3.05, 3.63) is 87.7 Å². The van der Waals surface area contributed by atoms with Crippen LogP contribution in [0.15, 0.2) is 60.7 Å². The third-order valence-corrected chi connectivity index (χ3v) is 7.60. The number of amides is 1. The third-order valence-electron chi connectivity index (χ3n) is 7.60. The van der Waals surface area contributed by atoms with Crippen LogP contribution in [0.2, 0.25) is 0 Å². The maximum Gasteiger partial charge on any atom is 0.269 e. The van der Waals surface area contributed by atoms with E-state index in [1.165, 1.54) is 12.1 Å². The molecule has 1 N–H and O–H groups in total. The molecule has 10 heteroatoms. The van der Waals surface area contributed by atoms with E-state index in [-0.39, 0.29) is 23.5 Å². The van der Waals surface area contributed by atoms with Crippen LogP contribution in [0.25, 0.3) is 0 Å². The molecule has 39 heavy (non-hydrogen) atoms. The second kappa shape index (κ2) is 11.2. The number of benzene rings is 3. The van der Waals surface area contributed by atoms with Crippen molar-refractivity contribution in [1.29, 1.82) is 0 Å². The summed E-state index contributed by atoms with van der Waals surface area (Å²) < 4.78 is 25.3. The number of nitrogens with one attached hydrogen (secondary N) is 1. The summed E-state index contributed by atoms with van der Waals surface area (Å²) in [4.78, 5) is 28.7. The van der Waals surface area contributed by atoms with Crippen molar-refractivity contribution in [2.75, 3.05) is 50.2 Å². The molecule has 0 bridgehead atoms. The number of hydrogen-bond donors (Lipinski definition) is 1. The molecule has 1 amide bonds. The van der Waals surface area contributed by atoms with Gasteiger partial charge in [0.15, 0.2) is 11.5 Å². The lowest BCUT2D eigenvalue weighted by molar-refractivity contribution is -0.384. The quantitative estimate of drug-likeness (QED) is 0.345. The Morgan fingerprint density at radius 3 is 2.59 bits per heavy atom. The number of anilines is 2. The van der Waals surface area contributed by atoms with Gasteiger partial charge in [0.1, 0.15) is 5.82 Å². The monoisotopic (exact) mass is 534 g/mol. The lowest BCUT2D eigenvalue weighted by atomic mass is 9.83. The first-order valence-corrected chi connectivity index (χ1v) is 12.9. The number of piperazine rings is 1. The standard InChI is InChI=1S/C29H31FN4O5/c1-38-27-10-7-19(15-28(27)39-2)11-12-31-29(35)22-17-20-16-21(34(36)37)8-9-24(20)33-14-13-32(18-26(22)33)25-6-4-3-5-23(25)30/h3-10,15-16,22,26H,11-14,17-18H2,1-2H3,(H,31,35)/t22-,26-/m0/s1. The molecule has 2 atom stereocenters. The molecule has 0 unspecified atom stereocenters. The normalized spacial score (nSPS) is 18.1. The molecule has 0 saturated carbocycles. The van der Waals surface area contributed by atoms with Gasteiger partial charge < -0.3 is 24.6 Å². The highest BCUT2D eigenvalue weighted by molar-refractivity contribution is 5.82. The molecule has 3 aromatic rings. The Kier molecular flexibility index (Phi) is 7.53. The number of nitro benzene ring substituents is 1. The molecule has 204 valence electrons. The van der Waals surface area contributed by atoms with Crippen LogP contribution in [0.1, 0.15) is 11.1 Å². The number of methoxy groups -OCH3 is 2. The Labute approximate surface area is 226 Å². The summed E-state index contributed by atoms with van der Waals surface area (Å²) in [6.45, 7) is 2.02. The third kappa shape index (κ3) is 5.32. The highest BCUT2D eigenvalue weighted by Crippen LogP contribution is 2.39. The molecular formula is C29H31FN4O5. The largest absolute Gasteiger partial charge is 0.493 e. The van der Waals surface area contributed by atoms with Crippen LogP contribution in [-0.2, 0) is 17.6 Å². The maximum absolute atomic E-state index is 14.6. The van der Waals surface area contributed by atoms with E-state index in [0.717, 1.165) is 16.8 Å². The Bertz CT molecular complexity index is 1380. The number of ether oxygens (including phenoxy) is 2. The first-order valence-electron chi connectivity index (χ1n) is 12.9. The van der Waals surface area contributed by atoms with E-state index in [2.05, 4.69) is 10.2 Å². The number of rotatable bonds is 8. The van der Waals surface area contributed by atoms with E-state index < -0.39 is 10.8 Å². The van der Waals surface area contributed by atoms with Gasteiger partial charge in [0.05, 0.1) is 36.8 Å². The van der Waals surface area contributed by atoms with E-state index in [1.807, 2.05) is 23.1 Å². The number of nitro groups is 1. The molecule has 0 spiro atoms. The number of para-hydroxylation sites is 1. The predicted octanol–water partition coefficient (Wildman–Crippen LogP) is 3.98. The van der Waals surface area contributed by atoms with Crippen LogP contribution < -0.4 is 24.6 Å². The first kappa shape index (κ1) is 26.3. The van der Waals surface area contributed by atoms with Gasteiger partial charge in [0.2, 0.25) is 5.91 Å². The molecule has 2 aliphatic rings. The maximum atomic E-state index is 14.6. The van der Waals surface area contributed by atoms with Gasteiger partial charge in [-0.25, -0.2) is 4.39 Å². The van der Waals surface area contributed by atoms with Gasteiger partial charge in [-0.2, -0.15) is 0 Å². The van der Waals surface area contributed by atoms with Crippen molar-refractivity contribution in [1.82, 2.24) is 5.32 Å². The molecule has 0 aliphatic carbocycles. The molecule has 2 heterocycles. The number of halogens is 1. The van der Waals surface area contributed by atoms with Gasteiger partial charge in [0, 0.05) is 44.0 Å². The average Bonchev–Trinajstić information content (AvgIpc) is 2.96. The SMILES string of the molecule is COc1ccc(CCNC(=O)[C@H]2Cc3cc([N+](=O)[O-])ccc3N3CCN(c4ccccc4F)C[C@@H]23)cc1OC. The molecule has 1 fully saturated rings. The first-order chi connectivity index (χ1) is 18.9. The van der Waals surface area contributed by atoms with Crippen molar-refractivity contribution >= 4 is 23.0 Å². The molecular weight excluding hydrogens is 503 g/mol. The van der Waals surface area contributed by atoms with Crippen molar-refractivity contribution in [3.8, 4) is 11.5 Å². The van der Waals surface area contributed by atoms with Crippen molar-refractivity contribution in [3.63, 3.8) is 0 Å². The van der Waals surface area contributed by atoms with E-state index in [0.29, 0.717) is 56.2 Å².